The van der Waals surface area contributed by atoms with E-state index in [1.165, 1.54) is 34.9 Å². The third kappa shape index (κ3) is 5.01. The Bertz CT molecular complexity index is 1210. The second kappa shape index (κ2) is 9.71. The minimum absolute atomic E-state index is 0.0143. The van der Waals surface area contributed by atoms with Gasteiger partial charge in [-0.25, -0.2) is 18.4 Å². The van der Waals surface area contributed by atoms with Gasteiger partial charge in [0, 0.05) is 24.5 Å². The van der Waals surface area contributed by atoms with Gasteiger partial charge in [-0.3, -0.25) is 10.1 Å². The molecule has 10 nitrogen and oxygen atoms in total. The Morgan fingerprint density at radius 1 is 0.969 bits per heavy atom. The maximum Gasteiger partial charge on any atom is 0.353 e. The maximum atomic E-state index is 12.6. The van der Waals surface area contributed by atoms with Gasteiger partial charge in [0.1, 0.15) is 6.33 Å². The molecule has 3 aromatic rings. The molecule has 1 heterocycles. The van der Waals surface area contributed by atoms with Crippen molar-refractivity contribution in [2.24, 2.45) is 0 Å². The predicted molar refractivity (Wildman–Crippen MR) is 123 cm³/mol. The van der Waals surface area contributed by atoms with Crippen molar-refractivity contribution in [2.45, 2.75) is 25.7 Å². The number of anilines is 4. The van der Waals surface area contributed by atoms with Crippen molar-refractivity contribution < 1.29 is 13.3 Å². The van der Waals surface area contributed by atoms with Gasteiger partial charge in [-0.05, 0) is 48.9 Å². The highest BCUT2D eigenvalue weighted by atomic mass is 32.2. The quantitative estimate of drug-likeness (QED) is 0.362. The smallest absolute Gasteiger partial charge is 0.334 e. The summed E-state index contributed by atoms with van der Waals surface area (Å²) in [6, 6.07) is 13.3. The lowest BCUT2D eigenvalue weighted by Gasteiger charge is -2.18. The number of benzene rings is 2. The molecule has 32 heavy (non-hydrogen) atoms. The van der Waals surface area contributed by atoms with Crippen molar-refractivity contribution in [3.63, 3.8) is 0 Å². The van der Waals surface area contributed by atoms with E-state index in [4.69, 9.17) is 0 Å². The number of nitrogens with zero attached hydrogens (tertiary/aromatic N) is 4. The van der Waals surface area contributed by atoms with Crippen LogP contribution < -0.4 is 10.6 Å². The highest BCUT2D eigenvalue weighted by molar-refractivity contribution is 7.89. The van der Waals surface area contributed by atoms with Crippen molar-refractivity contribution in [1.82, 2.24) is 14.3 Å². The van der Waals surface area contributed by atoms with Crippen molar-refractivity contribution in [3.8, 4) is 0 Å². The topological polar surface area (TPSA) is 130 Å². The van der Waals surface area contributed by atoms with Gasteiger partial charge < -0.3 is 10.6 Å². The van der Waals surface area contributed by atoms with Crippen LogP contribution in [-0.4, -0.2) is 40.7 Å². The van der Waals surface area contributed by atoms with E-state index in [1.807, 2.05) is 25.1 Å². The van der Waals surface area contributed by atoms with Gasteiger partial charge in [-0.1, -0.05) is 26.0 Å². The first-order chi connectivity index (χ1) is 15.3. The summed E-state index contributed by atoms with van der Waals surface area (Å²) in [4.78, 5) is 19.4. The standard InChI is InChI=1S/C21H24N6O4S/c1-4-26(5-2)32(30,31)18-11-9-16(10-12-18)24-20-19(27(28)29)21(23-14-22-20)25-17-8-6-7-15(3)13-17/h6-14H,4-5H2,1-3H3,(H2,22,23,24,25). The van der Waals surface area contributed by atoms with Crippen LogP contribution in [0, 0.1) is 17.0 Å². The zero-order valence-electron chi connectivity index (χ0n) is 17.9. The second-order valence-electron chi connectivity index (χ2n) is 6.91. The largest absolute Gasteiger partial charge is 0.353 e. The normalized spacial score (nSPS) is 11.4. The summed E-state index contributed by atoms with van der Waals surface area (Å²) in [5.41, 5.74) is 1.77. The molecule has 3 rings (SSSR count). The van der Waals surface area contributed by atoms with E-state index in [-0.39, 0.29) is 22.2 Å². The molecule has 0 saturated carbocycles. The van der Waals surface area contributed by atoms with Gasteiger partial charge >= 0.3 is 5.69 Å². The number of nitrogens with one attached hydrogen (secondary N) is 2. The minimum Gasteiger partial charge on any atom is -0.334 e. The van der Waals surface area contributed by atoms with E-state index in [9.17, 15) is 18.5 Å². The van der Waals surface area contributed by atoms with Crippen molar-refractivity contribution in [3.05, 3.63) is 70.5 Å². The third-order valence-corrected chi connectivity index (χ3v) is 6.81. The molecular weight excluding hydrogens is 432 g/mol. The van der Waals surface area contributed by atoms with Crippen LogP contribution in [0.5, 0.6) is 0 Å². The molecule has 0 spiro atoms. The van der Waals surface area contributed by atoms with E-state index in [2.05, 4.69) is 20.6 Å². The number of hydrogen-bond donors (Lipinski definition) is 2. The van der Waals surface area contributed by atoms with Gasteiger partial charge in [-0.2, -0.15) is 4.31 Å². The third-order valence-electron chi connectivity index (χ3n) is 4.75. The van der Waals surface area contributed by atoms with Crippen molar-refractivity contribution in [1.29, 1.82) is 0 Å². The number of aromatic nitrogens is 2. The van der Waals surface area contributed by atoms with Crippen LogP contribution in [0.25, 0.3) is 0 Å². The maximum absolute atomic E-state index is 12.6. The van der Waals surface area contributed by atoms with Crippen LogP contribution in [0.4, 0.5) is 28.7 Å². The van der Waals surface area contributed by atoms with Gasteiger partial charge in [-0.15, -0.1) is 0 Å². The van der Waals surface area contributed by atoms with Crippen LogP contribution >= 0.6 is 0 Å². The average Bonchev–Trinajstić information content (AvgIpc) is 2.75. The Labute approximate surface area is 186 Å². The number of sulfonamides is 1. The van der Waals surface area contributed by atoms with Gasteiger partial charge in [0.15, 0.2) is 0 Å². The van der Waals surface area contributed by atoms with E-state index in [0.717, 1.165) is 5.56 Å². The molecule has 0 bridgehead atoms. The lowest BCUT2D eigenvalue weighted by atomic mass is 10.2. The number of rotatable bonds is 9. The number of hydrogen-bond acceptors (Lipinski definition) is 8. The lowest BCUT2D eigenvalue weighted by molar-refractivity contribution is -0.383. The molecular formula is C21H24N6O4S. The first-order valence-electron chi connectivity index (χ1n) is 9.96. The Hall–Kier alpha value is -3.57. The molecule has 0 radical (unpaired) electrons. The molecule has 0 saturated heterocycles. The molecule has 0 unspecified atom stereocenters. The Morgan fingerprint density at radius 2 is 1.56 bits per heavy atom. The fourth-order valence-electron chi connectivity index (χ4n) is 3.15. The summed E-state index contributed by atoms with van der Waals surface area (Å²) in [6.07, 6.45) is 1.21. The zero-order chi connectivity index (χ0) is 23.3. The van der Waals surface area contributed by atoms with Crippen LogP contribution in [-0.2, 0) is 10.0 Å². The van der Waals surface area contributed by atoms with Crippen LogP contribution in [0.3, 0.4) is 0 Å². The molecule has 0 aliphatic heterocycles. The molecule has 2 N–H and O–H groups in total. The zero-order valence-corrected chi connectivity index (χ0v) is 18.8. The molecule has 0 fully saturated rings. The highest BCUT2D eigenvalue weighted by Gasteiger charge is 2.24. The van der Waals surface area contributed by atoms with E-state index in [0.29, 0.717) is 24.5 Å². The van der Waals surface area contributed by atoms with E-state index < -0.39 is 14.9 Å². The first kappa shape index (κ1) is 23.1. The summed E-state index contributed by atoms with van der Waals surface area (Å²) in [6.45, 7) is 6.18. The molecule has 2 aromatic carbocycles. The van der Waals surface area contributed by atoms with Gasteiger partial charge in [0.2, 0.25) is 21.7 Å². The second-order valence-corrected chi connectivity index (χ2v) is 8.85. The molecule has 0 atom stereocenters. The Morgan fingerprint density at radius 3 is 2.09 bits per heavy atom. The van der Waals surface area contributed by atoms with Crippen LogP contribution in [0.15, 0.2) is 59.8 Å². The van der Waals surface area contributed by atoms with Crippen molar-refractivity contribution >= 4 is 38.7 Å². The summed E-state index contributed by atoms with van der Waals surface area (Å²) < 4.78 is 26.6. The molecule has 11 heteroatoms. The van der Waals surface area contributed by atoms with E-state index >= 15 is 0 Å². The molecule has 168 valence electrons. The molecule has 0 amide bonds. The minimum atomic E-state index is -3.60. The summed E-state index contributed by atoms with van der Waals surface area (Å²) in [5.74, 6) is 0.0262. The van der Waals surface area contributed by atoms with E-state index in [1.54, 1.807) is 19.9 Å². The fraction of sp³-hybridized carbons (Fsp3) is 0.238. The highest BCUT2D eigenvalue weighted by Crippen LogP contribution is 2.33. The first-order valence-corrected chi connectivity index (χ1v) is 11.4. The number of aryl methyl sites for hydroxylation is 1. The Balaban J connectivity index is 1.90. The lowest BCUT2D eigenvalue weighted by Crippen LogP contribution is -2.30. The number of nitro groups is 1. The summed E-state index contributed by atoms with van der Waals surface area (Å²) in [5, 5.41) is 17.6. The van der Waals surface area contributed by atoms with Crippen molar-refractivity contribution in [2.75, 3.05) is 23.7 Å². The van der Waals surface area contributed by atoms with Crippen LogP contribution in [0.2, 0.25) is 0 Å². The SMILES string of the molecule is CCN(CC)S(=O)(=O)c1ccc(Nc2ncnc(Nc3cccc(C)c3)c2[N+](=O)[O-])cc1. The molecule has 0 aliphatic carbocycles. The fourth-order valence-corrected chi connectivity index (χ4v) is 4.61. The predicted octanol–water partition coefficient (Wildman–Crippen LogP) is 4.21. The summed E-state index contributed by atoms with van der Waals surface area (Å²) in [7, 11) is -3.60. The Kier molecular flexibility index (Phi) is 7.01. The monoisotopic (exact) mass is 456 g/mol. The van der Waals surface area contributed by atoms with Crippen LogP contribution in [0.1, 0.15) is 19.4 Å². The van der Waals surface area contributed by atoms with Gasteiger partial charge in [0.05, 0.1) is 9.82 Å². The molecule has 1 aromatic heterocycles. The summed E-state index contributed by atoms with van der Waals surface area (Å²) >= 11 is 0. The average molecular weight is 457 g/mol. The van der Waals surface area contributed by atoms with Gasteiger partial charge in [0.25, 0.3) is 0 Å². The molecule has 0 aliphatic rings.